The molecule has 0 radical (unpaired) electrons. The maximum Gasteiger partial charge on any atom is 0.226 e. The molecule has 18 heavy (non-hydrogen) atoms. The van der Waals surface area contributed by atoms with Crippen molar-refractivity contribution in [1.29, 1.82) is 0 Å². The van der Waals surface area contributed by atoms with Gasteiger partial charge < -0.3 is 30.8 Å². The molecule has 0 aliphatic rings. The number of hydrogen-bond acceptors (Lipinski definition) is 7. The molecule has 0 spiro atoms. The van der Waals surface area contributed by atoms with Crippen LogP contribution in [0.15, 0.2) is 5.11 Å². The summed E-state index contributed by atoms with van der Waals surface area (Å²) < 4.78 is 0. The second kappa shape index (κ2) is 8.64. The number of carbonyl (C=O) groups excluding carboxylic acids is 1. The van der Waals surface area contributed by atoms with E-state index in [2.05, 4.69) is 10.0 Å². The number of nitrogens with one attached hydrogen (secondary N) is 1. The highest BCUT2D eigenvalue weighted by Crippen LogP contribution is 2.07. The van der Waals surface area contributed by atoms with E-state index in [9.17, 15) is 15.0 Å². The maximum absolute atomic E-state index is 11.2. The van der Waals surface area contributed by atoms with Gasteiger partial charge in [0, 0.05) is 11.5 Å². The number of aliphatic hydroxyl groups is 5. The zero-order valence-electron chi connectivity index (χ0n) is 9.42. The van der Waals surface area contributed by atoms with Gasteiger partial charge in [0.1, 0.15) is 18.7 Å². The highest BCUT2D eigenvalue weighted by atomic mass is 16.5. The van der Waals surface area contributed by atoms with Crippen molar-refractivity contribution in [2.75, 3.05) is 13.2 Å². The van der Waals surface area contributed by atoms with Crippen molar-refractivity contribution < 1.29 is 30.3 Å². The van der Waals surface area contributed by atoms with E-state index in [-0.39, 0.29) is 6.42 Å². The molecule has 0 saturated heterocycles. The third kappa shape index (κ3) is 5.77. The summed E-state index contributed by atoms with van der Waals surface area (Å²) in [5, 5.41) is 50.4. The smallest absolute Gasteiger partial charge is 0.226 e. The van der Waals surface area contributed by atoms with Crippen molar-refractivity contribution in [2.45, 2.75) is 31.0 Å². The minimum absolute atomic E-state index is 0.198. The van der Waals surface area contributed by atoms with Gasteiger partial charge in [-0.3, -0.25) is 4.79 Å². The summed E-state index contributed by atoms with van der Waals surface area (Å²) in [5.41, 5.74) is 7.99. The summed E-state index contributed by atoms with van der Waals surface area (Å²) in [4.78, 5) is 13.5. The topological polar surface area (TPSA) is 179 Å². The number of carbonyl (C=O) groups is 1. The standard InChI is InChI=1S/C8H16N4O6/c9-12-10-3-5(15)11-6(8(17)18)7(16)4(14)1-2-13/h4,6-8,13-14,16-18H,1-3H2,(H,11,15)/t4-,6?,7+/m1/s1. The maximum atomic E-state index is 11.2. The van der Waals surface area contributed by atoms with Crippen LogP contribution in [0.5, 0.6) is 0 Å². The zero-order valence-corrected chi connectivity index (χ0v) is 9.42. The van der Waals surface area contributed by atoms with Gasteiger partial charge in [-0.05, 0) is 12.0 Å². The average Bonchev–Trinajstić information content (AvgIpc) is 2.32. The van der Waals surface area contributed by atoms with Crippen LogP contribution in [0.1, 0.15) is 6.42 Å². The van der Waals surface area contributed by atoms with Crippen molar-refractivity contribution in [3.05, 3.63) is 10.4 Å². The minimum atomic E-state index is -2.12. The summed E-state index contributed by atoms with van der Waals surface area (Å²) in [7, 11) is 0. The van der Waals surface area contributed by atoms with E-state index in [0.717, 1.165) is 0 Å². The lowest BCUT2D eigenvalue weighted by Gasteiger charge is -2.28. The van der Waals surface area contributed by atoms with Gasteiger partial charge in [-0.15, -0.1) is 0 Å². The highest BCUT2D eigenvalue weighted by Gasteiger charge is 2.31. The highest BCUT2D eigenvalue weighted by molar-refractivity contribution is 5.78. The predicted molar refractivity (Wildman–Crippen MR) is 57.9 cm³/mol. The molecule has 0 aromatic carbocycles. The minimum Gasteiger partial charge on any atom is -0.396 e. The Morgan fingerprint density at radius 2 is 1.94 bits per heavy atom. The Morgan fingerprint density at radius 3 is 2.39 bits per heavy atom. The Balaban J connectivity index is 4.55. The summed E-state index contributed by atoms with van der Waals surface area (Å²) in [6.07, 6.45) is -5.45. The van der Waals surface area contributed by atoms with E-state index in [1.165, 1.54) is 0 Å². The fourth-order valence-electron chi connectivity index (χ4n) is 1.21. The molecule has 0 aliphatic heterocycles. The van der Waals surface area contributed by atoms with Crippen LogP contribution in [0.4, 0.5) is 0 Å². The molecular formula is C8H16N4O6. The van der Waals surface area contributed by atoms with Gasteiger partial charge in [0.2, 0.25) is 5.91 Å². The van der Waals surface area contributed by atoms with Crippen molar-refractivity contribution in [3.63, 3.8) is 0 Å². The number of rotatable bonds is 8. The summed E-state index contributed by atoms with van der Waals surface area (Å²) in [5.74, 6) is -0.846. The van der Waals surface area contributed by atoms with E-state index in [1.807, 2.05) is 5.32 Å². The molecule has 1 amide bonds. The number of azide groups is 1. The Morgan fingerprint density at radius 1 is 1.33 bits per heavy atom. The summed E-state index contributed by atoms with van der Waals surface area (Å²) in [6.45, 7) is -0.998. The van der Waals surface area contributed by atoms with Gasteiger partial charge in [0.15, 0.2) is 6.29 Å². The first-order valence-electron chi connectivity index (χ1n) is 5.07. The fraction of sp³-hybridized carbons (Fsp3) is 0.875. The van der Waals surface area contributed by atoms with Crippen LogP contribution < -0.4 is 5.32 Å². The zero-order chi connectivity index (χ0) is 14.1. The van der Waals surface area contributed by atoms with Crippen LogP contribution in [-0.4, -0.2) is 69.1 Å². The first-order valence-corrected chi connectivity index (χ1v) is 5.07. The van der Waals surface area contributed by atoms with Crippen LogP contribution in [-0.2, 0) is 4.79 Å². The Kier molecular flexibility index (Phi) is 7.96. The molecule has 1 unspecified atom stereocenters. The Hall–Kier alpha value is -1.42. The van der Waals surface area contributed by atoms with Crippen LogP contribution in [0.2, 0.25) is 0 Å². The van der Waals surface area contributed by atoms with E-state index >= 15 is 0 Å². The van der Waals surface area contributed by atoms with Gasteiger partial charge in [-0.1, -0.05) is 5.11 Å². The lowest BCUT2D eigenvalue weighted by atomic mass is 10.0. The van der Waals surface area contributed by atoms with Crippen molar-refractivity contribution in [1.82, 2.24) is 5.32 Å². The number of amides is 1. The molecule has 0 rings (SSSR count). The molecule has 10 nitrogen and oxygen atoms in total. The first-order chi connectivity index (χ1) is 8.43. The third-order valence-corrected chi connectivity index (χ3v) is 2.11. The number of hydrogen-bond donors (Lipinski definition) is 6. The van der Waals surface area contributed by atoms with E-state index in [4.69, 9.17) is 20.9 Å². The summed E-state index contributed by atoms with van der Waals surface area (Å²) >= 11 is 0. The molecule has 0 fully saturated rings. The van der Waals surface area contributed by atoms with Crippen molar-refractivity contribution in [3.8, 4) is 0 Å². The molecule has 0 bridgehead atoms. The molecule has 0 saturated carbocycles. The van der Waals surface area contributed by atoms with Crippen LogP contribution in [0, 0.1) is 0 Å². The van der Waals surface area contributed by atoms with Gasteiger partial charge in [-0.2, -0.15) is 0 Å². The van der Waals surface area contributed by atoms with Gasteiger partial charge in [0.25, 0.3) is 0 Å². The van der Waals surface area contributed by atoms with Gasteiger partial charge >= 0.3 is 0 Å². The average molecular weight is 264 g/mol. The third-order valence-electron chi connectivity index (χ3n) is 2.11. The summed E-state index contributed by atoms with van der Waals surface area (Å²) in [6, 6.07) is -1.56. The van der Waals surface area contributed by atoms with Crippen molar-refractivity contribution in [2.24, 2.45) is 5.11 Å². The molecule has 104 valence electrons. The molecular weight excluding hydrogens is 248 g/mol. The fourth-order valence-corrected chi connectivity index (χ4v) is 1.21. The quantitative estimate of drug-likeness (QED) is 0.119. The van der Waals surface area contributed by atoms with Gasteiger partial charge in [-0.25, -0.2) is 0 Å². The lowest BCUT2D eigenvalue weighted by molar-refractivity contribution is -0.139. The van der Waals surface area contributed by atoms with E-state index in [1.54, 1.807) is 0 Å². The SMILES string of the molecule is [N-]=[N+]=NCC(=O)NC(C(O)O)[C@@H](O)[C@H](O)CCO. The molecule has 6 N–H and O–H groups in total. The number of nitrogens with zero attached hydrogens (tertiary/aromatic N) is 3. The molecule has 10 heteroatoms. The molecule has 0 aromatic heterocycles. The Bertz CT molecular complexity index is 306. The predicted octanol–water partition coefficient (Wildman–Crippen LogP) is -2.80. The molecule has 0 aromatic rings. The second-order valence-corrected chi connectivity index (χ2v) is 3.47. The second-order valence-electron chi connectivity index (χ2n) is 3.47. The Labute approximate surface area is 102 Å². The van der Waals surface area contributed by atoms with E-state index < -0.39 is 43.6 Å². The normalized spacial score (nSPS) is 15.7. The van der Waals surface area contributed by atoms with Crippen LogP contribution in [0.3, 0.4) is 0 Å². The van der Waals surface area contributed by atoms with Crippen LogP contribution in [0.25, 0.3) is 10.4 Å². The lowest BCUT2D eigenvalue weighted by Crippen LogP contribution is -2.55. The van der Waals surface area contributed by atoms with E-state index in [0.29, 0.717) is 0 Å². The van der Waals surface area contributed by atoms with Crippen molar-refractivity contribution >= 4 is 5.91 Å². The molecule has 0 aliphatic carbocycles. The van der Waals surface area contributed by atoms with Crippen LogP contribution >= 0.6 is 0 Å². The largest absolute Gasteiger partial charge is 0.396 e. The molecule has 0 heterocycles. The van der Waals surface area contributed by atoms with Gasteiger partial charge in [0.05, 0.1) is 6.10 Å². The monoisotopic (exact) mass is 264 g/mol. The number of aliphatic hydroxyl groups excluding tert-OH is 4. The molecule has 3 atom stereocenters. The first kappa shape index (κ1) is 16.6.